The Bertz CT molecular complexity index is 626. The van der Waals surface area contributed by atoms with E-state index >= 15 is 0 Å². The number of carbonyl (C=O) groups excluding carboxylic acids is 1. The van der Waals surface area contributed by atoms with E-state index in [2.05, 4.69) is 27.4 Å². The van der Waals surface area contributed by atoms with Gasteiger partial charge < -0.3 is 10.1 Å². The zero-order valence-electron chi connectivity index (χ0n) is 13.2. The monoisotopic (exact) mass is 334 g/mol. The van der Waals surface area contributed by atoms with Gasteiger partial charge in [0.2, 0.25) is 5.91 Å². The molecule has 2 heterocycles. The molecule has 1 amide bonds. The lowest BCUT2D eigenvalue weighted by molar-refractivity contribution is -0.129. The second-order valence-electron chi connectivity index (χ2n) is 5.97. The molecule has 124 valence electrons. The van der Waals surface area contributed by atoms with Crippen LogP contribution in [0.25, 0.3) is 10.7 Å². The predicted octanol–water partition coefficient (Wildman–Crippen LogP) is 2.74. The van der Waals surface area contributed by atoms with Crippen LogP contribution in [0.1, 0.15) is 38.4 Å². The lowest BCUT2D eigenvalue weighted by Gasteiger charge is -2.28. The van der Waals surface area contributed by atoms with Gasteiger partial charge >= 0.3 is 0 Å². The zero-order chi connectivity index (χ0) is 16.1. The van der Waals surface area contributed by atoms with Gasteiger partial charge in [-0.15, -0.1) is 11.3 Å². The van der Waals surface area contributed by atoms with Crippen LogP contribution < -0.4 is 5.32 Å². The summed E-state index contributed by atoms with van der Waals surface area (Å²) in [5.41, 5.74) is 0. The van der Waals surface area contributed by atoms with Gasteiger partial charge in [-0.05, 0) is 30.2 Å². The van der Waals surface area contributed by atoms with Crippen molar-refractivity contribution in [2.24, 2.45) is 5.92 Å². The van der Waals surface area contributed by atoms with Crippen LogP contribution in [0.15, 0.2) is 17.5 Å². The van der Waals surface area contributed by atoms with Crippen molar-refractivity contribution in [1.82, 2.24) is 20.5 Å². The summed E-state index contributed by atoms with van der Waals surface area (Å²) in [7, 11) is 0. The van der Waals surface area contributed by atoms with Gasteiger partial charge in [-0.25, -0.2) is 4.98 Å². The van der Waals surface area contributed by atoms with E-state index in [4.69, 9.17) is 4.74 Å². The molecule has 0 aliphatic heterocycles. The first-order valence-corrected chi connectivity index (χ1v) is 8.94. The molecule has 3 rings (SSSR count). The van der Waals surface area contributed by atoms with Crippen molar-refractivity contribution in [1.29, 1.82) is 0 Å². The summed E-state index contributed by atoms with van der Waals surface area (Å²) in [6, 6.07) is 3.93. The largest absolute Gasteiger partial charge is 0.368 e. The van der Waals surface area contributed by atoms with Crippen LogP contribution in [0.2, 0.25) is 0 Å². The maximum atomic E-state index is 11.9. The molecule has 0 aromatic carbocycles. The zero-order valence-corrected chi connectivity index (χ0v) is 14.1. The highest BCUT2D eigenvalue weighted by Crippen LogP contribution is 2.26. The fourth-order valence-corrected chi connectivity index (χ4v) is 3.49. The molecule has 1 fully saturated rings. The van der Waals surface area contributed by atoms with Crippen LogP contribution in [-0.2, 0) is 16.1 Å². The number of nitrogens with one attached hydrogen (secondary N) is 2. The highest BCUT2D eigenvalue weighted by atomic mass is 32.1. The Hall–Kier alpha value is -1.73. The van der Waals surface area contributed by atoms with E-state index in [1.54, 1.807) is 11.3 Å². The molecular formula is C16H22N4O2S. The topological polar surface area (TPSA) is 79.9 Å². The number of hydrogen-bond acceptors (Lipinski definition) is 5. The molecule has 0 saturated heterocycles. The molecule has 1 aliphatic rings. The average molecular weight is 334 g/mol. The summed E-state index contributed by atoms with van der Waals surface area (Å²) in [5.74, 6) is 1.74. The molecule has 6 nitrogen and oxygen atoms in total. The van der Waals surface area contributed by atoms with Crippen LogP contribution >= 0.6 is 11.3 Å². The second kappa shape index (κ2) is 7.70. The Labute approximate surface area is 139 Å². The van der Waals surface area contributed by atoms with Crippen LogP contribution in [0.3, 0.4) is 0 Å². The maximum Gasteiger partial charge on any atom is 0.246 e. The number of rotatable bonds is 6. The van der Waals surface area contributed by atoms with Crippen LogP contribution in [0, 0.1) is 5.92 Å². The summed E-state index contributed by atoms with van der Waals surface area (Å²) >= 11 is 1.59. The van der Waals surface area contributed by atoms with Crippen LogP contribution in [-0.4, -0.2) is 33.8 Å². The lowest BCUT2D eigenvalue weighted by Crippen LogP contribution is -2.33. The molecule has 2 N–H and O–H groups in total. The first-order chi connectivity index (χ1) is 11.2. The predicted molar refractivity (Wildman–Crippen MR) is 88.9 cm³/mol. The summed E-state index contributed by atoms with van der Waals surface area (Å²) in [5, 5.41) is 11.8. The quantitative estimate of drug-likeness (QED) is 0.851. The SMILES string of the molecule is C[C@H]1CCCC[C@@H]1OCC(=O)NCc1nc(-c2cccs2)n[nH]1. The first kappa shape index (κ1) is 16.1. The maximum absolute atomic E-state index is 11.9. The van der Waals surface area contributed by atoms with Crippen LogP contribution in [0.5, 0.6) is 0 Å². The van der Waals surface area contributed by atoms with Gasteiger partial charge in [0.25, 0.3) is 0 Å². The molecule has 1 saturated carbocycles. The number of carbonyl (C=O) groups is 1. The summed E-state index contributed by atoms with van der Waals surface area (Å²) < 4.78 is 5.75. The van der Waals surface area contributed by atoms with Gasteiger partial charge in [0.15, 0.2) is 5.82 Å². The van der Waals surface area contributed by atoms with Crippen molar-refractivity contribution < 1.29 is 9.53 Å². The smallest absolute Gasteiger partial charge is 0.246 e. The van der Waals surface area contributed by atoms with Crippen molar-refractivity contribution in [3.05, 3.63) is 23.3 Å². The fraction of sp³-hybridized carbons (Fsp3) is 0.562. The number of aromatic amines is 1. The minimum absolute atomic E-state index is 0.112. The Balaban J connectivity index is 1.42. The molecule has 2 aromatic heterocycles. The highest BCUT2D eigenvalue weighted by Gasteiger charge is 2.22. The Morgan fingerprint density at radius 3 is 3.13 bits per heavy atom. The molecule has 0 unspecified atom stereocenters. The third-order valence-electron chi connectivity index (χ3n) is 4.19. The average Bonchev–Trinajstić information content (AvgIpc) is 3.23. The van der Waals surface area contributed by atoms with E-state index in [0.29, 0.717) is 24.1 Å². The summed E-state index contributed by atoms with van der Waals surface area (Å²) in [6.07, 6.45) is 4.92. The van der Waals surface area contributed by atoms with Crippen molar-refractivity contribution in [3.63, 3.8) is 0 Å². The van der Waals surface area contributed by atoms with E-state index in [0.717, 1.165) is 11.3 Å². The number of thiophene rings is 1. The van der Waals surface area contributed by atoms with Gasteiger partial charge in [0.1, 0.15) is 12.4 Å². The summed E-state index contributed by atoms with van der Waals surface area (Å²) in [6.45, 7) is 2.64. The Morgan fingerprint density at radius 2 is 2.35 bits per heavy atom. The normalized spacial score (nSPS) is 21.3. The number of ether oxygens (including phenoxy) is 1. The number of nitrogens with zero attached hydrogens (tertiary/aromatic N) is 2. The van der Waals surface area contributed by atoms with Gasteiger partial charge in [0.05, 0.1) is 17.5 Å². The second-order valence-corrected chi connectivity index (χ2v) is 6.92. The minimum atomic E-state index is -0.114. The van der Waals surface area contributed by atoms with E-state index in [9.17, 15) is 4.79 Å². The minimum Gasteiger partial charge on any atom is -0.368 e. The summed E-state index contributed by atoms with van der Waals surface area (Å²) in [4.78, 5) is 17.3. The lowest BCUT2D eigenvalue weighted by atomic mass is 9.88. The standard InChI is InChI=1S/C16H22N4O2S/c1-11-5-2-3-6-12(11)22-10-15(21)17-9-14-18-16(20-19-14)13-7-4-8-23-13/h4,7-8,11-12H,2-3,5-6,9-10H2,1H3,(H,17,21)(H,18,19,20)/t11-,12-/m0/s1. The third-order valence-corrected chi connectivity index (χ3v) is 5.05. The molecule has 0 spiro atoms. The van der Waals surface area contributed by atoms with Gasteiger partial charge in [-0.1, -0.05) is 25.8 Å². The Kier molecular flexibility index (Phi) is 5.40. The van der Waals surface area contributed by atoms with Gasteiger partial charge in [0, 0.05) is 0 Å². The number of hydrogen-bond donors (Lipinski definition) is 2. The van der Waals surface area contributed by atoms with Crippen molar-refractivity contribution in [2.45, 2.75) is 45.3 Å². The van der Waals surface area contributed by atoms with Gasteiger partial charge in [-0.2, -0.15) is 5.10 Å². The molecule has 0 bridgehead atoms. The highest BCUT2D eigenvalue weighted by molar-refractivity contribution is 7.13. The molecule has 2 aromatic rings. The molecular weight excluding hydrogens is 312 g/mol. The first-order valence-electron chi connectivity index (χ1n) is 8.06. The van der Waals surface area contributed by atoms with Crippen molar-refractivity contribution in [2.75, 3.05) is 6.61 Å². The van der Waals surface area contributed by atoms with Crippen molar-refractivity contribution in [3.8, 4) is 10.7 Å². The molecule has 0 radical (unpaired) electrons. The van der Waals surface area contributed by atoms with Crippen LogP contribution in [0.4, 0.5) is 0 Å². The number of H-pyrrole nitrogens is 1. The van der Waals surface area contributed by atoms with E-state index in [1.165, 1.54) is 19.3 Å². The molecule has 1 aliphatic carbocycles. The number of aromatic nitrogens is 3. The van der Waals surface area contributed by atoms with Crippen molar-refractivity contribution >= 4 is 17.2 Å². The Morgan fingerprint density at radius 1 is 1.48 bits per heavy atom. The fourth-order valence-electron chi connectivity index (χ4n) is 2.84. The van der Waals surface area contributed by atoms with E-state index < -0.39 is 0 Å². The van der Waals surface area contributed by atoms with E-state index in [1.807, 2.05) is 17.5 Å². The van der Waals surface area contributed by atoms with Gasteiger partial charge in [-0.3, -0.25) is 9.89 Å². The number of amides is 1. The molecule has 7 heteroatoms. The third kappa shape index (κ3) is 4.39. The van der Waals surface area contributed by atoms with E-state index in [-0.39, 0.29) is 18.6 Å². The molecule has 23 heavy (non-hydrogen) atoms. The molecule has 2 atom stereocenters.